The summed E-state index contributed by atoms with van der Waals surface area (Å²) in [5, 5.41) is 3.23. The van der Waals surface area contributed by atoms with Gasteiger partial charge in [-0.05, 0) is 18.2 Å². The van der Waals surface area contributed by atoms with Gasteiger partial charge in [0.2, 0.25) is 0 Å². The van der Waals surface area contributed by atoms with Crippen molar-refractivity contribution in [3.63, 3.8) is 0 Å². The van der Waals surface area contributed by atoms with Gasteiger partial charge in [0.25, 0.3) is 0 Å². The van der Waals surface area contributed by atoms with E-state index in [1.165, 1.54) is 16.3 Å². The van der Waals surface area contributed by atoms with Crippen molar-refractivity contribution in [1.29, 1.82) is 0 Å². The number of nitrogens with one attached hydrogen (secondary N) is 1. The van der Waals surface area contributed by atoms with Crippen LogP contribution in [0, 0.1) is 11.8 Å². The summed E-state index contributed by atoms with van der Waals surface area (Å²) in [5.74, 6) is 6.13. The molecule has 82 valence electrons. The third-order valence-corrected chi connectivity index (χ3v) is 3.09. The molecule has 0 saturated carbocycles. The Bertz CT molecular complexity index is 744. The Morgan fingerprint density at radius 3 is 2.71 bits per heavy atom. The Labute approximate surface area is 108 Å². The summed E-state index contributed by atoms with van der Waals surface area (Å²) in [5.41, 5.74) is 3.36. The minimum Gasteiger partial charge on any atom is -0.354 e. The zero-order valence-electron chi connectivity index (χ0n) is 9.13. The minimum atomic E-state index is 0.706. The van der Waals surface area contributed by atoms with Gasteiger partial charge in [0.05, 0.1) is 5.33 Å². The van der Waals surface area contributed by atoms with Gasteiger partial charge in [-0.3, -0.25) is 0 Å². The molecule has 2 aromatic carbocycles. The van der Waals surface area contributed by atoms with E-state index >= 15 is 0 Å². The van der Waals surface area contributed by atoms with Crippen LogP contribution in [0.4, 0.5) is 0 Å². The number of benzene rings is 2. The molecule has 0 fully saturated rings. The number of para-hydroxylation sites is 1. The van der Waals surface area contributed by atoms with E-state index in [4.69, 9.17) is 0 Å². The highest BCUT2D eigenvalue weighted by Crippen LogP contribution is 2.25. The lowest BCUT2D eigenvalue weighted by Gasteiger charge is -1.92. The lowest BCUT2D eigenvalue weighted by atomic mass is 10.1. The number of hydrogen-bond donors (Lipinski definition) is 1. The lowest BCUT2D eigenvalue weighted by Crippen LogP contribution is -1.75. The van der Waals surface area contributed by atoms with Gasteiger partial charge in [-0.15, -0.1) is 0 Å². The van der Waals surface area contributed by atoms with Crippen LogP contribution in [0.25, 0.3) is 21.8 Å². The number of alkyl halides is 1. The van der Waals surface area contributed by atoms with Gasteiger partial charge in [0.1, 0.15) is 0 Å². The fourth-order valence-electron chi connectivity index (χ4n) is 2.07. The number of rotatable bonds is 0. The second-order valence-electron chi connectivity index (χ2n) is 3.87. The number of hydrogen-bond acceptors (Lipinski definition) is 0. The maximum absolute atomic E-state index is 3.42. The number of H-pyrrole nitrogens is 1. The molecule has 1 aromatic heterocycles. The topological polar surface area (TPSA) is 15.8 Å². The maximum Gasteiger partial charge on any atom is 0.0649 e. The second-order valence-corrected chi connectivity index (χ2v) is 4.43. The van der Waals surface area contributed by atoms with Gasteiger partial charge in [0.15, 0.2) is 0 Å². The van der Waals surface area contributed by atoms with E-state index in [9.17, 15) is 0 Å². The van der Waals surface area contributed by atoms with Gasteiger partial charge in [-0.25, -0.2) is 0 Å². The van der Waals surface area contributed by atoms with Crippen LogP contribution in [0.15, 0.2) is 42.5 Å². The first-order chi connectivity index (χ1) is 8.38. The molecule has 3 rings (SSSR count). The van der Waals surface area contributed by atoms with Crippen LogP contribution >= 0.6 is 15.9 Å². The first-order valence-corrected chi connectivity index (χ1v) is 6.56. The molecule has 17 heavy (non-hydrogen) atoms. The second kappa shape index (κ2) is 4.27. The van der Waals surface area contributed by atoms with E-state index in [1.807, 2.05) is 6.07 Å². The van der Waals surface area contributed by atoms with Crippen molar-refractivity contribution in [2.24, 2.45) is 0 Å². The smallest absolute Gasteiger partial charge is 0.0649 e. The zero-order valence-corrected chi connectivity index (χ0v) is 10.7. The van der Waals surface area contributed by atoms with E-state index in [2.05, 4.69) is 69.2 Å². The maximum atomic E-state index is 3.42. The van der Waals surface area contributed by atoms with Crippen LogP contribution in [0.5, 0.6) is 0 Å². The molecule has 2 heteroatoms. The third-order valence-electron chi connectivity index (χ3n) is 2.81. The zero-order chi connectivity index (χ0) is 11.7. The molecule has 1 heterocycles. The van der Waals surface area contributed by atoms with Crippen LogP contribution in [-0.2, 0) is 0 Å². The first-order valence-electron chi connectivity index (χ1n) is 5.44. The molecule has 3 aromatic rings. The summed E-state index contributed by atoms with van der Waals surface area (Å²) in [6, 6.07) is 14.6. The molecule has 0 amide bonds. The van der Waals surface area contributed by atoms with Crippen LogP contribution in [0.3, 0.4) is 0 Å². The summed E-state index contributed by atoms with van der Waals surface area (Å²) in [6.45, 7) is 0. The fraction of sp³-hybridized carbons (Fsp3) is 0.0667. The van der Waals surface area contributed by atoms with E-state index in [1.54, 1.807) is 0 Å². The van der Waals surface area contributed by atoms with Gasteiger partial charge >= 0.3 is 0 Å². The van der Waals surface area contributed by atoms with E-state index in [-0.39, 0.29) is 0 Å². The monoisotopic (exact) mass is 283 g/mol. The summed E-state index contributed by atoms with van der Waals surface area (Å²) >= 11 is 3.30. The highest BCUT2D eigenvalue weighted by atomic mass is 79.9. The molecule has 0 aliphatic heterocycles. The fourth-order valence-corrected chi connectivity index (χ4v) is 2.21. The standard InChI is InChI=1S/C15H10BrN/c16-9-3-4-11-7-8-13-12-5-1-2-6-14(12)17-15(13)10-11/h1-2,5-8,10,17H,9H2. The molecule has 0 spiro atoms. The van der Waals surface area contributed by atoms with Gasteiger partial charge in [-0.2, -0.15) is 0 Å². The first kappa shape index (κ1) is 10.4. The highest BCUT2D eigenvalue weighted by Gasteiger charge is 2.02. The van der Waals surface area contributed by atoms with Gasteiger partial charge in [-0.1, -0.05) is 52.0 Å². The summed E-state index contributed by atoms with van der Waals surface area (Å²) in [4.78, 5) is 3.42. The molecule has 0 bridgehead atoms. The Morgan fingerprint density at radius 2 is 1.82 bits per heavy atom. The molecule has 0 saturated heterocycles. The minimum absolute atomic E-state index is 0.706. The average Bonchev–Trinajstić information content (AvgIpc) is 2.74. The quantitative estimate of drug-likeness (QED) is 0.473. The van der Waals surface area contributed by atoms with Crippen LogP contribution in [-0.4, -0.2) is 10.3 Å². The van der Waals surface area contributed by atoms with E-state index in [0.717, 1.165) is 11.1 Å². The predicted octanol–water partition coefficient (Wildman–Crippen LogP) is 4.07. The van der Waals surface area contributed by atoms with E-state index in [0.29, 0.717) is 5.33 Å². The van der Waals surface area contributed by atoms with Crippen LogP contribution < -0.4 is 0 Å². The third kappa shape index (κ3) is 1.83. The Hall–Kier alpha value is -1.72. The average molecular weight is 284 g/mol. The Morgan fingerprint density at radius 1 is 1.00 bits per heavy atom. The summed E-state index contributed by atoms with van der Waals surface area (Å²) in [7, 11) is 0. The van der Waals surface area contributed by atoms with Crippen molar-refractivity contribution in [2.45, 2.75) is 0 Å². The van der Waals surface area contributed by atoms with Crippen molar-refractivity contribution in [3.05, 3.63) is 48.0 Å². The molecule has 1 N–H and O–H groups in total. The number of aromatic amines is 1. The van der Waals surface area contributed by atoms with Crippen LogP contribution in [0.1, 0.15) is 5.56 Å². The molecule has 0 unspecified atom stereocenters. The number of aromatic nitrogens is 1. The van der Waals surface area contributed by atoms with Crippen LogP contribution in [0.2, 0.25) is 0 Å². The highest BCUT2D eigenvalue weighted by molar-refractivity contribution is 9.09. The Balaban J connectivity index is 2.26. The summed E-state index contributed by atoms with van der Waals surface area (Å²) < 4.78 is 0. The van der Waals surface area contributed by atoms with Crippen molar-refractivity contribution < 1.29 is 0 Å². The summed E-state index contributed by atoms with van der Waals surface area (Å²) in [6.07, 6.45) is 0. The largest absolute Gasteiger partial charge is 0.354 e. The lowest BCUT2D eigenvalue weighted by molar-refractivity contribution is 1.54. The Kier molecular flexibility index (Phi) is 2.62. The van der Waals surface area contributed by atoms with Crippen molar-refractivity contribution >= 4 is 37.7 Å². The predicted molar refractivity (Wildman–Crippen MR) is 76.5 cm³/mol. The molecule has 0 atom stereocenters. The number of halogens is 1. The van der Waals surface area contributed by atoms with Gasteiger partial charge < -0.3 is 4.98 Å². The normalized spacial score (nSPS) is 10.4. The molecule has 0 aliphatic rings. The number of fused-ring (bicyclic) bond motifs is 3. The van der Waals surface area contributed by atoms with E-state index < -0.39 is 0 Å². The molecular weight excluding hydrogens is 274 g/mol. The van der Waals surface area contributed by atoms with Crippen molar-refractivity contribution in [2.75, 3.05) is 5.33 Å². The molecule has 0 aliphatic carbocycles. The molecular formula is C15H10BrN. The van der Waals surface area contributed by atoms with Crippen molar-refractivity contribution in [1.82, 2.24) is 4.98 Å². The molecule has 0 radical (unpaired) electrons. The molecule has 1 nitrogen and oxygen atoms in total. The SMILES string of the molecule is BrCC#Cc1ccc2c(c1)[nH]c1ccccc12. The van der Waals surface area contributed by atoms with Crippen molar-refractivity contribution in [3.8, 4) is 11.8 Å². The van der Waals surface area contributed by atoms with Gasteiger partial charge in [0, 0.05) is 27.4 Å².